The van der Waals surface area contributed by atoms with Gasteiger partial charge in [-0.1, -0.05) is 39.0 Å². The van der Waals surface area contributed by atoms with Gasteiger partial charge >= 0.3 is 0 Å². The molecule has 1 N–H and O–H groups in total. The molecule has 0 spiro atoms. The zero-order chi connectivity index (χ0) is 12.8. The maximum Gasteiger partial charge on any atom is 0.0390 e. The van der Waals surface area contributed by atoms with Gasteiger partial charge in [0, 0.05) is 10.7 Å². The van der Waals surface area contributed by atoms with Gasteiger partial charge in [-0.2, -0.15) is 0 Å². The van der Waals surface area contributed by atoms with Crippen LogP contribution in [-0.2, 0) is 0 Å². The van der Waals surface area contributed by atoms with E-state index < -0.39 is 0 Å². The van der Waals surface area contributed by atoms with Gasteiger partial charge in [0.25, 0.3) is 0 Å². The summed E-state index contributed by atoms with van der Waals surface area (Å²) in [5.74, 6) is 0.783. The van der Waals surface area contributed by atoms with Gasteiger partial charge in [0.2, 0.25) is 0 Å². The highest BCUT2D eigenvalue weighted by atomic mass is 32.1. The Bertz CT molecular complexity index is 555. The standard InChI is InChI=1S/C16H21NS/c1-4-17-14(13-10-16(13,2)3)12-7-5-6-11-8-9-18-15(11)12/h5-9,13-14,17H,4,10H2,1-3H3. The number of hydrogen-bond donors (Lipinski definition) is 1. The second kappa shape index (κ2) is 4.36. The van der Waals surface area contributed by atoms with Crippen molar-refractivity contribution in [2.24, 2.45) is 11.3 Å². The molecule has 2 unspecified atom stereocenters. The second-order valence-corrected chi connectivity index (χ2v) is 6.94. The highest BCUT2D eigenvalue weighted by Gasteiger charge is 2.50. The van der Waals surface area contributed by atoms with E-state index in [1.807, 2.05) is 11.3 Å². The molecule has 96 valence electrons. The Morgan fingerprint density at radius 3 is 2.83 bits per heavy atom. The minimum atomic E-state index is 0.506. The average molecular weight is 259 g/mol. The van der Waals surface area contributed by atoms with E-state index in [4.69, 9.17) is 0 Å². The first kappa shape index (κ1) is 12.2. The molecular formula is C16H21NS. The van der Waals surface area contributed by atoms with E-state index >= 15 is 0 Å². The van der Waals surface area contributed by atoms with Crippen LogP contribution in [0.2, 0.25) is 0 Å². The predicted octanol–water partition coefficient (Wildman–Crippen LogP) is 4.60. The summed E-state index contributed by atoms with van der Waals surface area (Å²) in [5.41, 5.74) is 2.01. The average Bonchev–Trinajstić information content (AvgIpc) is 2.79. The van der Waals surface area contributed by atoms with E-state index in [0.29, 0.717) is 11.5 Å². The summed E-state index contributed by atoms with van der Waals surface area (Å²) in [6.45, 7) is 8.02. The summed E-state index contributed by atoms with van der Waals surface area (Å²) in [5, 5.41) is 7.30. The van der Waals surface area contributed by atoms with Crippen LogP contribution in [0.1, 0.15) is 38.8 Å². The largest absolute Gasteiger partial charge is 0.310 e. The molecule has 3 rings (SSSR count). The Morgan fingerprint density at radius 1 is 1.39 bits per heavy atom. The first-order valence-electron chi connectivity index (χ1n) is 6.83. The fraction of sp³-hybridized carbons (Fsp3) is 0.500. The first-order valence-corrected chi connectivity index (χ1v) is 7.71. The first-order chi connectivity index (χ1) is 8.63. The molecule has 0 bridgehead atoms. The Morgan fingerprint density at radius 2 is 2.17 bits per heavy atom. The van der Waals surface area contributed by atoms with Gasteiger partial charge in [-0.05, 0) is 46.7 Å². The molecule has 1 fully saturated rings. The summed E-state index contributed by atoms with van der Waals surface area (Å²) in [6, 6.07) is 9.47. The van der Waals surface area contributed by atoms with Crippen molar-refractivity contribution in [1.82, 2.24) is 5.32 Å². The van der Waals surface area contributed by atoms with Gasteiger partial charge in [0.1, 0.15) is 0 Å². The van der Waals surface area contributed by atoms with Crippen LogP contribution in [0.15, 0.2) is 29.6 Å². The molecule has 0 saturated heterocycles. The lowest BCUT2D eigenvalue weighted by Crippen LogP contribution is -2.24. The monoisotopic (exact) mass is 259 g/mol. The number of hydrogen-bond acceptors (Lipinski definition) is 2. The van der Waals surface area contributed by atoms with Crippen molar-refractivity contribution < 1.29 is 0 Å². The van der Waals surface area contributed by atoms with Crippen molar-refractivity contribution in [3.05, 3.63) is 35.2 Å². The van der Waals surface area contributed by atoms with Crippen LogP contribution < -0.4 is 5.32 Å². The Labute approximate surface area is 113 Å². The quantitative estimate of drug-likeness (QED) is 0.846. The lowest BCUT2D eigenvalue weighted by atomic mass is 9.96. The molecule has 0 radical (unpaired) electrons. The van der Waals surface area contributed by atoms with E-state index in [1.54, 1.807) is 0 Å². The van der Waals surface area contributed by atoms with Crippen LogP contribution in [0.25, 0.3) is 10.1 Å². The molecule has 1 nitrogen and oxygen atoms in total. The number of nitrogens with one attached hydrogen (secondary N) is 1. The van der Waals surface area contributed by atoms with Crippen molar-refractivity contribution in [2.75, 3.05) is 6.54 Å². The van der Waals surface area contributed by atoms with Crippen molar-refractivity contribution in [1.29, 1.82) is 0 Å². The Kier molecular flexibility index (Phi) is 2.95. The molecule has 1 heterocycles. The molecule has 2 aromatic rings. The van der Waals surface area contributed by atoms with Gasteiger partial charge in [0.05, 0.1) is 0 Å². The van der Waals surface area contributed by atoms with Crippen LogP contribution >= 0.6 is 11.3 Å². The lowest BCUT2D eigenvalue weighted by Gasteiger charge is -2.21. The molecule has 2 atom stereocenters. The molecule has 1 aliphatic carbocycles. The number of rotatable bonds is 4. The molecule has 2 heteroatoms. The van der Waals surface area contributed by atoms with E-state index in [0.717, 1.165) is 12.5 Å². The normalized spacial score (nSPS) is 23.2. The summed E-state index contributed by atoms with van der Waals surface area (Å²) >= 11 is 1.87. The molecule has 1 aromatic heterocycles. The van der Waals surface area contributed by atoms with Gasteiger partial charge in [-0.15, -0.1) is 11.3 Å². The third kappa shape index (κ3) is 1.98. The third-order valence-electron chi connectivity index (χ3n) is 4.26. The molecule has 0 aliphatic heterocycles. The van der Waals surface area contributed by atoms with Crippen molar-refractivity contribution in [2.45, 2.75) is 33.2 Å². The van der Waals surface area contributed by atoms with Crippen LogP contribution in [0, 0.1) is 11.3 Å². The van der Waals surface area contributed by atoms with Gasteiger partial charge in [-0.3, -0.25) is 0 Å². The van der Waals surface area contributed by atoms with Crippen LogP contribution in [-0.4, -0.2) is 6.54 Å². The van der Waals surface area contributed by atoms with Crippen LogP contribution in [0.3, 0.4) is 0 Å². The SMILES string of the molecule is CCNC(c1cccc2ccsc12)C1CC1(C)C. The van der Waals surface area contributed by atoms with E-state index in [-0.39, 0.29) is 0 Å². The topological polar surface area (TPSA) is 12.0 Å². The zero-order valence-corrected chi connectivity index (χ0v) is 12.2. The number of benzene rings is 1. The van der Waals surface area contributed by atoms with E-state index in [2.05, 4.69) is 55.7 Å². The summed E-state index contributed by atoms with van der Waals surface area (Å²) in [6.07, 6.45) is 1.34. The summed E-state index contributed by atoms with van der Waals surface area (Å²) < 4.78 is 1.46. The minimum absolute atomic E-state index is 0.506. The summed E-state index contributed by atoms with van der Waals surface area (Å²) in [7, 11) is 0. The lowest BCUT2D eigenvalue weighted by molar-refractivity contribution is 0.426. The minimum Gasteiger partial charge on any atom is -0.310 e. The number of thiophene rings is 1. The van der Waals surface area contributed by atoms with E-state index in [1.165, 1.54) is 22.1 Å². The zero-order valence-electron chi connectivity index (χ0n) is 11.4. The molecule has 1 saturated carbocycles. The van der Waals surface area contributed by atoms with Gasteiger partial charge < -0.3 is 5.32 Å². The molecule has 0 amide bonds. The van der Waals surface area contributed by atoms with Crippen LogP contribution in [0.5, 0.6) is 0 Å². The maximum atomic E-state index is 3.71. The predicted molar refractivity (Wildman–Crippen MR) is 80.1 cm³/mol. The molecular weight excluding hydrogens is 238 g/mol. The fourth-order valence-corrected chi connectivity index (χ4v) is 3.98. The smallest absolute Gasteiger partial charge is 0.0390 e. The highest BCUT2D eigenvalue weighted by molar-refractivity contribution is 7.17. The maximum absolute atomic E-state index is 3.71. The Hall–Kier alpha value is -0.860. The van der Waals surface area contributed by atoms with Crippen LogP contribution in [0.4, 0.5) is 0 Å². The van der Waals surface area contributed by atoms with Crippen molar-refractivity contribution in [3.8, 4) is 0 Å². The highest BCUT2D eigenvalue weighted by Crippen LogP contribution is 2.58. The Balaban J connectivity index is 2.02. The summed E-state index contributed by atoms with van der Waals surface area (Å²) in [4.78, 5) is 0. The third-order valence-corrected chi connectivity index (χ3v) is 5.24. The van der Waals surface area contributed by atoms with Crippen molar-refractivity contribution in [3.63, 3.8) is 0 Å². The fourth-order valence-electron chi connectivity index (χ4n) is 3.03. The molecule has 1 aromatic carbocycles. The second-order valence-electron chi connectivity index (χ2n) is 6.02. The molecule has 18 heavy (non-hydrogen) atoms. The van der Waals surface area contributed by atoms with E-state index in [9.17, 15) is 0 Å². The van der Waals surface area contributed by atoms with Crippen molar-refractivity contribution >= 4 is 21.4 Å². The molecule has 1 aliphatic rings. The van der Waals surface area contributed by atoms with Gasteiger partial charge in [0.15, 0.2) is 0 Å². The van der Waals surface area contributed by atoms with Gasteiger partial charge in [-0.25, -0.2) is 0 Å². The number of fused-ring (bicyclic) bond motifs is 1.